The predicted molar refractivity (Wildman–Crippen MR) is 83.3 cm³/mol. The summed E-state index contributed by atoms with van der Waals surface area (Å²) in [5.41, 5.74) is 8.26. The number of halogens is 3. The summed E-state index contributed by atoms with van der Waals surface area (Å²) in [6.07, 6.45) is 1.44. The van der Waals surface area contributed by atoms with Crippen molar-refractivity contribution in [2.24, 2.45) is 5.73 Å². The number of hydrogen-bond acceptors (Lipinski definition) is 1. The minimum Gasteiger partial charge on any atom is -0.327 e. The first kappa shape index (κ1) is 14.7. The van der Waals surface area contributed by atoms with E-state index in [0.717, 1.165) is 22.6 Å². The molecule has 0 aliphatic carbocycles. The number of rotatable bonds is 4. The Hall–Kier alpha value is -0.730. The molecule has 0 heterocycles. The van der Waals surface area contributed by atoms with Crippen LogP contribution >= 0.6 is 34.8 Å². The quantitative estimate of drug-likeness (QED) is 0.865. The average Bonchev–Trinajstić information content (AvgIpc) is 2.34. The molecule has 2 aromatic carbocycles. The van der Waals surface area contributed by atoms with Crippen LogP contribution in [0.2, 0.25) is 15.1 Å². The van der Waals surface area contributed by atoms with Crippen molar-refractivity contribution in [2.45, 2.75) is 18.9 Å². The van der Waals surface area contributed by atoms with Crippen LogP contribution in [-0.2, 0) is 12.8 Å². The molecule has 0 aliphatic rings. The van der Waals surface area contributed by atoms with Gasteiger partial charge < -0.3 is 5.73 Å². The molecule has 19 heavy (non-hydrogen) atoms. The highest BCUT2D eigenvalue weighted by Crippen LogP contribution is 2.22. The Morgan fingerprint density at radius 1 is 0.895 bits per heavy atom. The minimum absolute atomic E-state index is 0.0190. The summed E-state index contributed by atoms with van der Waals surface area (Å²) in [7, 11) is 0. The molecule has 0 aromatic heterocycles. The molecule has 1 atom stereocenters. The molecule has 0 spiro atoms. The van der Waals surface area contributed by atoms with E-state index in [1.807, 2.05) is 30.3 Å². The standard InChI is InChI=1S/C15H14Cl3N/c16-12-3-1-2-10(6-12)7-14(19)9-11-8-13(17)4-5-15(11)18/h1-6,8,14H,7,9,19H2. The van der Waals surface area contributed by atoms with Gasteiger partial charge in [-0.1, -0.05) is 46.9 Å². The van der Waals surface area contributed by atoms with E-state index < -0.39 is 0 Å². The molecule has 1 nitrogen and oxygen atoms in total. The van der Waals surface area contributed by atoms with E-state index in [2.05, 4.69) is 0 Å². The first-order valence-corrected chi connectivity index (χ1v) is 7.12. The second kappa shape index (κ2) is 6.62. The van der Waals surface area contributed by atoms with Gasteiger partial charge in [0.15, 0.2) is 0 Å². The fourth-order valence-corrected chi connectivity index (χ4v) is 2.62. The van der Waals surface area contributed by atoms with Gasteiger partial charge in [0.2, 0.25) is 0 Å². The van der Waals surface area contributed by atoms with Crippen molar-refractivity contribution in [3.8, 4) is 0 Å². The summed E-state index contributed by atoms with van der Waals surface area (Å²) < 4.78 is 0. The van der Waals surface area contributed by atoms with Gasteiger partial charge in [0.1, 0.15) is 0 Å². The Kier molecular flexibility index (Phi) is 5.12. The maximum Gasteiger partial charge on any atom is 0.0439 e. The Morgan fingerprint density at radius 2 is 1.63 bits per heavy atom. The van der Waals surface area contributed by atoms with Gasteiger partial charge in [-0.3, -0.25) is 0 Å². The number of benzene rings is 2. The summed E-state index contributed by atoms with van der Waals surface area (Å²) >= 11 is 18.1. The van der Waals surface area contributed by atoms with E-state index in [-0.39, 0.29) is 6.04 Å². The van der Waals surface area contributed by atoms with Crippen molar-refractivity contribution in [1.29, 1.82) is 0 Å². The molecule has 0 amide bonds. The molecule has 0 saturated heterocycles. The third-order valence-corrected chi connectivity index (χ3v) is 3.72. The summed E-state index contributed by atoms with van der Waals surface area (Å²) in [6, 6.07) is 13.1. The molecule has 100 valence electrons. The van der Waals surface area contributed by atoms with E-state index in [4.69, 9.17) is 40.5 Å². The fraction of sp³-hybridized carbons (Fsp3) is 0.200. The molecule has 4 heteroatoms. The van der Waals surface area contributed by atoms with Crippen LogP contribution in [0.3, 0.4) is 0 Å². The molecular weight excluding hydrogens is 301 g/mol. The van der Waals surface area contributed by atoms with Crippen LogP contribution in [-0.4, -0.2) is 6.04 Å². The lowest BCUT2D eigenvalue weighted by atomic mass is 10.00. The Balaban J connectivity index is 2.05. The molecule has 2 aromatic rings. The van der Waals surface area contributed by atoms with E-state index >= 15 is 0 Å². The maximum atomic E-state index is 6.16. The third-order valence-electron chi connectivity index (χ3n) is 2.88. The van der Waals surface area contributed by atoms with Crippen LogP contribution in [0.1, 0.15) is 11.1 Å². The SMILES string of the molecule is NC(Cc1cccc(Cl)c1)Cc1cc(Cl)ccc1Cl. The summed E-state index contributed by atoms with van der Waals surface area (Å²) in [5.74, 6) is 0. The molecule has 1 unspecified atom stereocenters. The highest BCUT2D eigenvalue weighted by atomic mass is 35.5. The highest BCUT2D eigenvalue weighted by Gasteiger charge is 2.09. The largest absolute Gasteiger partial charge is 0.327 e. The predicted octanol–water partition coefficient (Wildman–Crippen LogP) is 4.76. The second-order valence-electron chi connectivity index (χ2n) is 4.53. The zero-order valence-electron chi connectivity index (χ0n) is 10.2. The molecule has 2 rings (SSSR count). The van der Waals surface area contributed by atoms with Gasteiger partial charge in [0, 0.05) is 21.1 Å². The van der Waals surface area contributed by atoms with Crippen LogP contribution in [0.25, 0.3) is 0 Å². The van der Waals surface area contributed by atoms with Crippen LogP contribution in [0, 0.1) is 0 Å². The average molecular weight is 315 g/mol. The third kappa shape index (κ3) is 4.39. The molecule has 0 fully saturated rings. The van der Waals surface area contributed by atoms with Crippen LogP contribution in [0.15, 0.2) is 42.5 Å². The van der Waals surface area contributed by atoms with Crippen LogP contribution < -0.4 is 5.73 Å². The zero-order valence-corrected chi connectivity index (χ0v) is 12.5. The van der Waals surface area contributed by atoms with Crippen molar-refractivity contribution >= 4 is 34.8 Å². The Morgan fingerprint density at radius 3 is 2.37 bits per heavy atom. The Bertz CT molecular complexity index is 569. The lowest BCUT2D eigenvalue weighted by Gasteiger charge is -2.13. The van der Waals surface area contributed by atoms with Crippen LogP contribution in [0.4, 0.5) is 0 Å². The first-order valence-electron chi connectivity index (χ1n) is 5.98. The summed E-state index contributed by atoms with van der Waals surface area (Å²) in [4.78, 5) is 0. The van der Waals surface area contributed by atoms with Gasteiger partial charge in [0.25, 0.3) is 0 Å². The van der Waals surface area contributed by atoms with E-state index in [0.29, 0.717) is 16.5 Å². The smallest absolute Gasteiger partial charge is 0.0439 e. The van der Waals surface area contributed by atoms with Gasteiger partial charge >= 0.3 is 0 Å². The van der Waals surface area contributed by atoms with Crippen LogP contribution in [0.5, 0.6) is 0 Å². The minimum atomic E-state index is -0.0190. The summed E-state index contributed by atoms with van der Waals surface area (Å²) in [6.45, 7) is 0. The molecular formula is C15H14Cl3N. The van der Waals surface area contributed by atoms with E-state index in [1.165, 1.54) is 0 Å². The number of nitrogens with two attached hydrogens (primary N) is 1. The molecule has 0 bridgehead atoms. The topological polar surface area (TPSA) is 26.0 Å². The van der Waals surface area contributed by atoms with Gasteiger partial charge in [-0.2, -0.15) is 0 Å². The normalized spacial score (nSPS) is 12.4. The van der Waals surface area contributed by atoms with Crippen molar-refractivity contribution in [3.63, 3.8) is 0 Å². The first-order chi connectivity index (χ1) is 9.04. The monoisotopic (exact) mass is 313 g/mol. The second-order valence-corrected chi connectivity index (χ2v) is 5.81. The lowest BCUT2D eigenvalue weighted by Crippen LogP contribution is -2.25. The molecule has 0 saturated carbocycles. The number of hydrogen-bond donors (Lipinski definition) is 1. The van der Waals surface area contributed by atoms with E-state index in [9.17, 15) is 0 Å². The van der Waals surface area contributed by atoms with E-state index in [1.54, 1.807) is 12.1 Å². The highest BCUT2D eigenvalue weighted by molar-refractivity contribution is 6.33. The van der Waals surface area contributed by atoms with Gasteiger partial charge in [0.05, 0.1) is 0 Å². The molecule has 0 aliphatic heterocycles. The van der Waals surface area contributed by atoms with Crippen molar-refractivity contribution in [3.05, 3.63) is 68.7 Å². The summed E-state index contributed by atoms with van der Waals surface area (Å²) in [5, 5.41) is 2.10. The fourth-order valence-electron chi connectivity index (χ4n) is 2.02. The Labute approximate surface area is 128 Å². The van der Waals surface area contributed by atoms with Crippen molar-refractivity contribution in [1.82, 2.24) is 0 Å². The molecule has 2 N–H and O–H groups in total. The van der Waals surface area contributed by atoms with Gasteiger partial charge in [-0.25, -0.2) is 0 Å². The van der Waals surface area contributed by atoms with Gasteiger partial charge in [-0.15, -0.1) is 0 Å². The maximum absolute atomic E-state index is 6.16. The zero-order chi connectivity index (χ0) is 13.8. The van der Waals surface area contributed by atoms with Gasteiger partial charge in [-0.05, 0) is 54.3 Å². The lowest BCUT2D eigenvalue weighted by molar-refractivity contribution is 0.665. The van der Waals surface area contributed by atoms with Crippen molar-refractivity contribution in [2.75, 3.05) is 0 Å². The van der Waals surface area contributed by atoms with Crippen molar-refractivity contribution < 1.29 is 0 Å². The molecule has 0 radical (unpaired) electrons.